The molecule has 0 aliphatic carbocycles. The van der Waals surface area contributed by atoms with Gasteiger partial charge in [0.15, 0.2) is 0 Å². The number of alkyl halides is 2. The topological polar surface area (TPSA) is 12.0 Å². The molecule has 0 unspecified atom stereocenters. The number of rotatable bonds is 6. The van der Waals surface area contributed by atoms with E-state index in [1.54, 1.807) is 6.07 Å². The average Bonchev–Trinajstić information content (AvgIpc) is 2.35. The molecule has 1 aromatic rings. The highest BCUT2D eigenvalue weighted by atomic mass is 35.5. The van der Waals surface area contributed by atoms with Crippen LogP contribution in [0.3, 0.4) is 0 Å². The summed E-state index contributed by atoms with van der Waals surface area (Å²) in [6.07, 6.45) is 0.799. The van der Waals surface area contributed by atoms with E-state index in [4.69, 9.17) is 34.8 Å². The number of nitrogens with one attached hydrogen (secondary N) is 1. The van der Waals surface area contributed by atoms with Crippen molar-refractivity contribution in [2.75, 3.05) is 11.8 Å². The van der Waals surface area contributed by atoms with Gasteiger partial charge in [-0.25, -0.2) is 4.39 Å². The second-order valence-corrected chi connectivity index (χ2v) is 4.93. The summed E-state index contributed by atoms with van der Waals surface area (Å²) in [5, 5.41) is 3.79. The van der Waals surface area contributed by atoms with Crippen LogP contribution < -0.4 is 5.32 Å². The molecule has 1 rings (SSSR count). The number of hydrogen-bond acceptors (Lipinski definition) is 1. The minimum atomic E-state index is -0.335. The molecule has 0 bridgehead atoms. The van der Waals surface area contributed by atoms with E-state index in [1.807, 2.05) is 6.92 Å². The Bertz CT molecular complexity index is 359. The Morgan fingerprint density at radius 3 is 2.47 bits per heavy atom. The van der Waals surface area contributed by atoms with Gasteiger partial charge >= 0.3 is 0 Å². The van der Waals surface area contributed by atoms with Crippen molar-refractivity contribution >= 4 is 34.8 Å². The maximum atomic E-state index is 13.1. The highest BCUT2D eigenvalue weighted by Gasteiger charge is 2.25. The Morgan fingerprint density at radius 2 is 1.94 bits per heavy atom. The molecule has 0 spiro atoms. The normalized spacial score (nSPS) is 11.8. The van der Waals surface area contributed by atoms with Crippen LogP contribution in [-0.2, 0) is 6.54 Å². The van der Waals surface area contributed by atoms with Crippen molar-refractivity contribution in [2.45, 2.75) is 25.4 Å². The van der Waals surface area contributed by atoms with Crippen molar-refractivity contribution in [1.29, 1.82) is 0 Å². The molecule has 0 saturated heterocycles. The zero-order valence-electron chi connectivity index (χ0n) is 9.57. The molecule has 5 heteroatoms. The minimum Gasteiger partial charge on any atom is -0.305 e. The van der Waals surface area contributed by atoms with E-state index in [-0.39, 0.29) is 11.4 Å². The van der Waals surface area contributed by atoms with E-state index in [1.165, 1.54) is 12.1 Å². The molecule has 0 heterocycles. The van der Waals surface area contributed by atoms with Gasteiger partial charge in [-0.05, 0) is 30.2 Å². The van der Waals surface area contributed by atoms with Crippen LogP contribution in [-0.4, -0.2) is 17.3 Å². The van der Waals surface area contributed by atoms with Crippen LogP contribution in [0.15, 0.2) is 18.2 Å². The average molecular weight is 299 g/mol. The van der Waals surface area contributed by atoms with E-state index in [9.17, 15) is 4.39 Å². The largest absolute Gasteiger partial charge is 0.305 e. The third-order valence-corrected chi connectivity index (χ3v) is 4.24. The Morgan fingerprint density at radius 1 is 1.29 bits per heavy atom. The zero-order valence-corrected chi connectivity index (χ0v) is 11.8. The van der Waals surface area contributed by atoms with Gasteiger partial charge in [-0.3, -0.25) is 0 Å². The van der Waals surface area contributed by atoms with Gasteiger partial charge in [0.1, 0.15) is 5.82 Å². The Hall–Kier alpha value is -0.0200. The summed E-state index contributed by atoms with van der Waals surface area (Å²) in [4.78, 5) is 0. The molecule has 0 fully saturated rings. The van der Waals surface area contributed by atoms with Crippen LogP contribution in [0.25, 0.3) is 0 Å². The highest BCUT2D eigenvalue weighted by Crippen LogP contribution is 2.20. The first kappa shape index (κ1) is 15.0. The highest BCUT2D eigenvalue weighted by molar-refractivity contribution is 6.31. The predicted molar refractivity (Wildman–Crippen MR) is 72.7 cm³/mol. The maximum Gasteiger partial charge on any atom is 0.123 e. The summed E-state index contributed by atoms with van der Waals surface area (Å²) >= 11 is 17.8. The predicted octanol–water partition coefficient (Wildman–Crippen LogP) is 4.20. The molecular formula is C12H15Cl3FN. The third kappa shape index (κ3) is 3.99. The molecular weight excluding hydrogens is 283 g/mol. The molecule has 0 aliphatic rings. The second-order valence-electron chi connectivity index (χ2n) is 3.99. The van der Waals surface area contributed by atoms with Crippen LogP contribution in [0, 0.1) is 5.82 Å². The fourth-order valence-corrected chi connectivity index (χ4v) is 2.44. The van der Waals surface area contributed by atoms with Crippen LogP contribution in [0.1, 0.15) is 18.9 Å². The summed E-state index contributed by atoms with van der Waals surface area (Å²) in [6.45, 7) is 2.45. The van der Waals surface area contributed by atoms with Crippen molar-refractivity contribution in [1.82, 2.24) is 5.32 Å². The molecule has 0 atom stereocenters. The van der Waals surface area contributed by atoms with Crippen molar-refractivity contribution in [3.63, 3.8) is 0 Å². The number of halogens is 4. The summed E-state index contributed by atoms with van der Waals surface area (Å²) in [7, 11) is 0. The summed E-state index contributed by atoms with van der Waals surface area (Å²) in [6, 6.07) is 4.29. The van der Waals surface area contributed by atoms with Gasteiger partial charge in [0.05, 0.1) is 0 Å². The lowest BCUT2D eigenvalue weighted by atomic mass is 10.0. The quantitative estimate of drug-likeness (QED) is 0.776. The second kappa shape index (κ2) is 6.79. The third-order valence-electron chi connectivity index (χ3n) is 2.85. The Labute approximate surface area is 116 Å². The fourth-order valence-electron chi connectivity index (χ4n) is 1.41. The van der Waals surface area contributed by atoms with Crippen LogP contribution in [0.5, 0.6) is 0 Å². The lowest BCUT2D eigenvalue weighted by Gasteiger charge is -2.29. The fraction of sp³-hybridized carbons (Fsp3) is 0.500. The maximum absolute atomic E-state index is 13.1. The summed E-state index contributed by atoms with van der Waals surface area (Å²) in [5.41, 5.74) is 0.374. The van der Waals surface area contributed by atoms with Gasteiger partial charge < -0.3 is 5.32 Å². The van der Waals surface area contributed by atoms with Crippen molar-refractivity contribution in [2.24, 2.45) is 0 Å². The van der Waals surface area contributed by atoms with Gasteiger partial charge in [-0.1, -0.05) is 18.5 Å². The van der Waals surface area contributed by atoms with Gasteiger partial charge in [0.25, 0.3) is 0 Å². The van der Waals surface area contributed by atoms with Crippen LogP contribution in [0.2, 0.25) is 5.02 Å². The van der Waals surface area contributed by atoms with Crippen LogP contribution >= 0.6 is 34.8 Å². The first-order valence-electron chi connectivity index (χ1n) is 5.38. The lowest BCUT2D eigenvalue weighted by molar-refractivity contribution is 0.384. The van der Waals surface area contributed by atoms with Gasteiger partial charge in [0.2, 0.25) is 0 Å². The van der Waals surface area contributed by atoms with E-state index in [0.717, 1.165) is 6.42 Å². The van der Waals surface area contributed by atoms with Crippen molar-refractivity contribution in [3.05, 3.63) is 34.6 Å². The smallest absolute Gasteiger partial charge is 0.123 e. The minimum absolute atomic E-state index is 0.301. The molecule has 17 heavy (non-hydrogen) atoms. The molecule has 0 aromatic heterocycles. The van der Waals surface area contributed by atoms with Crippen LogP contribution in [0.4, 0.5) is 4.39 Å². The van der Waals surface area contributed by atoms with E-state index in [0.29, 0.717) is 28.9 Å². The summed E-state index contributed by atoms with van der Waals surface area (Å²) in [5.74, 6) is 0.505. The van der Waals surface area contributed by atoms with Gasteiger partial charge in [-0.15, -0.1) is 23.2 Å². The molecule has 0 radical (unpaired) electrons. The van der Waals surface area contributed by atoms with Gasteiger partial charge in [0, 0.05) is 28.9 Å². The molecule has 0 amide bonds. The Kier molecular flexibility index (Phi) is 6.01. The molecule has 96 valence electrons. The van der Waals surface area contributed by atoms with Crippen molar-refractivity contribution in [3.8, 4) is 0 Å². The number of hydrogen-bond donors (Lipinski definition) is 1. The first-order valence-corrected chi connectivity index (χ1v) is 6.82. The molecule has 0 saturated carbocycles. The summed E-state index contributed by atoms with van der Waals surface area (Å²) < 4.78 is 13.1. The molecule has 0 aliphatic heterocycles. The van der Waals surface area contributed by atoms with Gasteiger partial charge in [-0.2, -0.15) is 0 Å². The Balaban J connectivity index is 2.75. The standard InChI is InChI=1S/C12H15Cl3FN/c1-2-12(7-13,8-14)17-6-9-5-10(16)3-4-11(9)15/h3-5,17H,2,6-8H2,1H3. The SMILES string of the molecule is CCC(CCl)(CCl)NCc1cc(F)ccc1Cl. The van der Waals surface area contributed by atoms with E-state index in [2.05, 4.69) is 5.32 Å². The van der Waals surface area contributed by atoms with E-state index < -0.39 is 0 Å². The monoisotopic (exact) mass is 297 g/mol. The van der Waals surface area contributed by atoms with E-state index >= 15 is 0 Å². The first-order chi connectivity index (χ1) is 8.06. The zero-order chi connectivity index (χ0) is 12.9. The molecule has 1 N–H and O–H groups in total. The molecule has 1 aromatic carbocycles. The lowest BCUT2D eigenvalue weighted by Crippen LogP contribution is -2.47. The molecule has 1 nitrogen and oxygen atoms in total. The van der Waals surface area contributed by atoms with Crippen molar-refractivity contribution < 1.29 is 4.39 Å². The number of benzene rings is 1.